The van der Waals surface area contributed by atoms with E-state index in [9.17, 15) is 4.79 Å². The Morgan fingerprint density at radius 3 is 2.57 bits per heavy atom. The highest BCUT2D eigenvalue weighted by Gasteiger charge is 2.23. The lowest BCUT2D eigenvalue weighted by Gasteiger charge is -2.34. The van der Waals surface area contributed by atoms with Crippen molar-refractivity contribution >= 4 is 30.7 Å². The predicted molar refractivity (Wildman–Crippen MR) is 93.2 cm³/mol. The van der Waals surface area contributed by atoms with Gasteiger partial charge < -0.3 is 14.7 Å². The van der Waals surface area contributed by atoms with Crippen LogP contribution in [0.4, 0.5) is 0 Å². The molecule has 8 heteroatoms. The molecule has 6 nitrogen and oxygen atoms in total. The average Bonchev–Trinajstić information content (AvgIpc) is 3.21. The van der Waals surface area contributed by atoms with Gasteiger partial charge in [0, 0.05) is 32.2 Å². The maximum atomic E-state index is 12.1. The van der Waals surface area contributed by atoms with E-state index in [0.29, 0.717) is 6.54 Å². The van der Waals surface area contributed by atoms with Gasteiger partial charge in [0.1, 0.15) is 0 Å². The normalized spacial score (nSPS) is 18.2. The molecule has 1 aromatic heterocycles. The summed E-state index contributed by atoms with van der Waals surface area (Å²) in [6, 6.07) is 1.97. The molecule has 1 N–H and O–H groups in total. The maximum absolute atomic E-state index is 12.1. The van der Waals surface area contributed by atoms with E-state index >= 15 is 0 Å². The second kappa shape index (κ2) is 9.47. The maximum Gasteiger partial charge on any atom is 0.236 e. The zero-order valence-corrected chi connectivity index (χ0v) is 15.1. The van der Waals surface area contributed by atoms with Gasteiger partial charge in [0.25, 0.3) is 0 Å². The molecule has 1 saturated carbocycles. The van der Waals surface area contributed by atoms with Crippen molar-refractivity contribution in [1.29, 1.82) is 0 Å². The summed E-state index contributed by atoms with van der Waals surface area (Å²) in [6.07, 6.45) is 2.64. The zero-order chi connectivity index (χ0) is 14.7. The van der Waals surface area contributed by atoms with Crippen molar-refractivity contribution in [3.8, 4) is 0 Å². The van der Waals surface area contributed by atoms with Crippen molar-refractivity contribution in [3.63, 3.8) is 0 Å². The first-order valence-corrected chi connectivity index (χ1v) is 7.84. The molecule has 1 aliphatic heterocycles. The first-order chi connectivity index (χ1) is 10.2. The van der Waals surface area contributed by atoms with Crippen molar-refractivity contribution in [2.45, 2.75) is 26.3 Å². The van der Waals surface area contributed by atoms with Crippen LogP contribution in [-0.4, -0.2) is 60.1 Å². The first-order valence-electron chi connectivity index (χ1n) is 7.84. The Bertz CT molecular complexity index is 486. The van der Waals surface area contributed by atoms with Crippen LogP contribution in [0.15, 0.2) is 10.6 Å². The van der Waals surface area contributed by atoms with Gasteiger partial charge in [-0.2, -0.15) is 0 Å². The standard InChI is InChI=1S/C15H24N4O2.2ClH/c1-12-8-14(21-17-12)11-18-4-6-19(7-5-18)15(20)10-16-9-13-2-3-13;;/h8,13,16H,2-7,9-11H2,1H3;2*1H. The number of hydrogen-bond acceptors (Lipinski definition) is 5. The van der Waals surface area contributed by atoms with Gasteiger partial charge in [-0.25, -0.2) is 0 Å². The number of nitrogens with one attached hydrogen (secondary N) is 1. The molecule has 2 aliphatic rings. The monoisotopic (exact) mass is 364 g/mol. The summed E-state index contributed by atoms with van der Waals surface area (Å²) >= 11 is 0. The number of amides is 1. The van der Waals surface area contributed by atoms with E-state index in [1.165, 1.54) is 12.8 Å². The molecule has 1 aromatic rings. The quantitative estimate of drug-likeness (QED) is 0.827. The molecule has 0 spiro atoms. The van der Waals surface area contributed by atoms with Gasteiger partial charge in [0.2, 0.25) is 5.91 Å². The van der Waals surface area contributed by atoms with Crippen LogP contribution in [0.2, 0.25) is 0 Å². The number of rotatable bonds is 6. The number of carbonyl (C=O) groups is 1. The van der Waals surface area contributed by atoms with Crippen molar-refractivity contribution in [2.75, 3.05) is 39.3 Å². The lowest BCUT2D eigenvalue weighted by atomic mass is 10.2. The molecule has 1 amide bonds. The Labute approximate surface area is 149 Å². The molecule has 2 heterocycles. The molecular formula is C15H26Cl2N4O2. The van der Waals surface area contributed by atoms with Gasteiger partial charge in [0.15, 0.2) is 5.76 Å². The highest BCUT2D eigenvalue weighted by Crippen LogP contribution is 2.27. The summed E-state index contributed by atoms with van der Waals surface area (Å²) in [5.74, 6) is 1.95. The van der Waals surface area contributed by atoms with Crippen LogP contribution in [0.1, 0.15) is 24.3 Å². The summed E-state index contributed by atoms with van der Waals surface area (Å²) in [5.41, 5.74) is 0.917. The smallest absolute Gasteiger partial charge is 0.236 e. The molecule has 23 heavy (non-hydrogen) atoms. The Morgan fingerprint density at radius 2 is 2.00 bits per heavy atom. The number of aromatic nitrogens is 1. The number of piperazine rings is 1. The van der Waals surface area contributed by atoms with Crippen LogP contribution in [0, 0.1) is 12.8 Å². The highest BCUT2D eigenvalue weighted by molar-refractivity contribution is 5.85. The SMILES string of the molecule is Cc1cc(CN2CCN(C(=O)CNCC3CC3)CC2)on1.Cl.Cl. The van der Waals surface area contributed by atoms with Crippen LogP contribution in [-0.2, 0) is 11.3 Å². The molecule has 0 atom stereocenters. The Balaban J connectivity index is 0.00000132. The summed E-state index contributed by atoms with van der Waals surface area (Å²) < 4.78 is 5.24. The molecule has 0 unspecified atom stereocenters. The van der Waals surface area contributed by atoms with Crippen LogP contribution >= 0.6 is 24.8 Å². The van der Waals surface area contributed by atoms with Crippen molar-refractivity contribution in [1.82, 2.24) is 20.3 Å². The van der Waals surface area contributed by atoms with Gasteiger partial charge in [-0.05, 0) is 32.2 Å². The third-order valence-electron chi connectivity index (χ3n) is 4.19. The van der Waals surface area contributed by atoms with Crippen molar-refractivity contribution in [2.24, 2.45) is 5.92 Å². The van der Waals surface area contributed by atoms with Crippen LogP contribution in [0.3, 0.4) is 0 Å². The fourth-order valence-corrected chi connectivity index (χ4v) is 2.68. The number of nitrogens with zero attached hydrogens (tertiary/aromatic N) is 3. The number of halogens is 2. The minimum Gasteiger partial charge on any atom is -0.360 e. The van der Waals surface area contributed by atoms with Gasteiger partial charge in [-0.3, -0.25) is 9.69 Å². The number of hydrogen-bond donors (Lipinski definition) is 1. The second-order valence-corrected chi connectivity index (χ2v) is 6.17. The van der Waals surface area contributed by atoms with Crippen molar-refractivity contribution in [3.05, 3.63) is 17.5 Å². The van der Waals surface area contributed by atoms with E-state index in [0.717, 1.165) is 56.6 Å². The van der Waals surface area contributed by atoms with Crippen LogP contribution < -0.4 is 5.32 Å². The lowest BCUT2D eigenvalue weighted by Crippen LogP contribution is -2.50. The Morgan fingerprint density at radius 1 is 1.30 bits per heavy atom. The second-order valence-electron chi connectivity index (χ2n) is 6.17. The summed E-state index contributed by atoms with van der Waals surface area (Å²) in [6.45, 7) is 7.59. The number of aryl methyl sites for hydroxylation is 1. The number of carbonyl (C=O) groups excluding carboxylic acids is 1. The van der Waals surface area contributed by atoms with Gasteiger partial charge in [0.05, 0.1) is 18.8 Å². The summed E-state index contributed by atoms with van der Waals surface area (Å²) in [4.78, 5) is 16.4. The van der Waals surface area contributed by atoms with Crippen LogP contribution in [0.25, 0.3) is 0 Å². The Hall–Kier alpha value is -0.820. The van der Waals surface area contributed by atoms with Crippen molar-refractivity contribution < 1.29 is 9.32 Å². The third-order valence-corrected chi connectivity index (χ3v) is 4.19. The van der Waals surface area contributed by atoms with Crippen LogP contribution in [0.5, 0.6) is 0 Å². The van der Waals surface area contributed by atoms with Gasteiger partial charge in [-0.1, -0.05) is 5.16 Å². The fourth-order valence-electron chi connectivity index (χ4n) is 2.68. The molecule has 0 bridgehead atoms. The Kier molecular flexibility index (Phi) is 8.33. The largest absolute Gasteiger partial charge is 0.360 e. The van der Waals surface area contributed by atoms with E-state index in [1.54, 1.807) is 0 Å². The minimum atomic E-state index is 0. The van der Waals surface area contributed by atoms with E-state index in [-0.39, 0.29) is 30.7 Å². The topological polar surface area (TPSA) is 61.6 Å². The van der Waals surface area contributed by atoms with E-state index in [4.69, 9.17) is 4.52 Å². The summed E-state index contributed by atoms with van der Waals surface area (Å²) in [5, 5.41) is 7.17. The molecule has 3 rings (SSSR count). The summed E-state index contributed by atoms with van der Waals surface area (Å²) in [7, 11) is 0. The minimum absolute atomic E-state index is 0. The molecule has 132 valence electrons. The fraction of sp³-hybridized carbons (Fsp3) is 0.733. The third kappa shape index (κ3) is 6.30. The molecule has 0 radical (unpaired) electrons. The predicted octanol–water partition coefficient (Wildman–Crippen LogP) is 1.47. The highest BCUT2D eigenvalue weighted by atomic mass is 35.5. The lowest BCUT2D eigenvalue weighted by molar-refractivity contribution is -0.132. The van der Waals surface area contributed by atoms with E-state index in [1.807, 2.05) is 17.9 Å². The van der Waals surface area contributed by atoms with Gasteiger partial charge in [-0.15, -0.1) is 24.8 Å². The molecule has 0 aromatic carbocycles. The molecular weight excluding hydrogens is 339 g/mol. The average molecular weight is 365 g/mol. The molecule has 1 saturated heterocycles. The van der Waals surface area contributed by atoms with Gasteiger partial charge >= 0.3 is 0 Å². The first kappa shape index (κ1) is 20.2. The molecule has 1 aliphatic carbocycles. The van der Waals surface area contributed by atoms with E-state index in [2.05, 4.69) is 15.4 Å². The molecule has 2 fully saturated rings. The zero-order valence-electron chi connectivity index (χ0n) is 13.5. The van der Waals surface area contributed by atoms with E-state index < -0.39 is 0 Å².